The van der Waals surface area contributed by atoms with Crippen LogP contribution >= 0.6 is 0 Å². The van der Waals surface area contributed by atoms with Crippen molar-refractivity contribution in [2.45, 2.75) is 64.9 Å². The smallest absolute Gasteiger partial charge is 0.193 e. The maximum absolute atomic E-state index is 5.94. The highest BCUT2D eigenvalue weighted by atomic mass is 16.5. The minimum absolute atomic E-state index is 0.393. The van der Waals surface area contributed by atoms with E-state index in [-0.39, 0.29) is 0 Å². The average molecular weight is 342 g/mol. The molecule has 0 aromatic heterocycles. The highest BCUT2D eigenvalue weighted by molar-refractivity contribution is 5.79. The summed E-state index contributed by atoms with van der Waals surface area (Å²) in [6.45, 7) is 9.24. The van der Waals surface area contributed by atoms with Crippen molar-refractivity contribution in [3.05, 3.63) is 0 Å². The van der Waals surface area contributed by atoms with Crippen molar-refractivity contribution in [2.75, 3.05) is 47.0 Å². The number of nitrogens with zero attached hydrogens (tertiary/aromatic N) is 2. The number of guanidine groups is 1. The maximum atomic E-state index is 5.94. The maximum Gasteiger partial charge on any atom is 0.193 e. The lowest BCUT2D eigenvalue weighted by Crippen LogP contribution is -2.48. The molecule has 0 saturated carbocycles. The Morgan fingerprint density at radius 2 is 1.96 bits per heavy atom. The minimum Gasteiger partial charge on any atom is -0.385 e. The van der Waals surface area contributed by atoms with Crippen LogP contribution in [0.15, 0.2) is 4.99 Å². The van der Waals surface area contributed by atoms with Crippen LogP contribution in [0.2, 0.25) is 0 Å². The van der Waals surface area contributed by atoms with Crippen LogP contribution in [0.3, 0.4) is 0 Å². The number of nitrogens with one attached hydrogen (secondary N) is 1. The van der Waals surface area contributed by atoms with Crippen molar-refractivity contribution in [1.82, 2.24) is 10.2 Å². The molecule has 1 rings (SSSR count). The number of aliphatic imine (C=N–C) groups is 1. The number of hydrogen-bond acceptors (Lipinski definition) is 3. The van der Waals surface area contributed by atoms with E-state index in [4.69, 9.17) is 9.47 Å². The summed E-state index contributed by atoms with van der Waals surface area (Å²) in [7, 11) is 3.63. The first-order valence-electron chi connectivity index (χ1n) is 9.81. The van der Waals surface area contributed by atoms with Gasteiger partial charge < -0.3 is 19.7 Å². The predicted molar refractivity (Wildman–Crippen MR) is 102 cm³/mol. The first kappa shape index (κ1) is 21.2. The molecule has 1 unspecified atom stereocenters. The molecule has 0 aromatic carbocycles. The summed E-state index contributed by atoms with van der Waals surface area (Å²) in [6, 6.07) is 0. The Balaban J connectivity index is 2.27. The number of rotatable bonds is 11. The summed E-state index contributed by atoms with van der Waals surface area (Å²) >= 11 is 0. The zero-order valence-electron chi connectivity index (χ0n) is 16.4. The first-order valence-corrected chi connectivity index (χ1v) is 9.81. The number of likely N-dealkylation sites (tertiary alicyclic amines) is 1. The van der Waals surface area contributed by atoms with Gasteiger partial charge in [-0.2, -0.15) is 0 Å². The molecule has 5 heteroatoms. The molecule has 1 atom stereocenters. The van der Waals surface area contributed by atoms with E-state index in [1.807, 2.05) is 7.05 Å². The number of methoxy groups -OCH3 is 1. The van der Waals surface area contributed by atoms with Crippen molar-refractivity contribution < 1.29 is 9.47 Å². The van der Waals surface area contributed by atoms with Gasteiger partial charge in [0.1, 0.15) is 0 Å². The zero-order chi connectivity index (χ0) is 17.6. The van der Waals surface area contributed by atoms with E-state index in [0.29, 0.717) is 6.10 Å². The fraction of sp³-hybridized carbons (Fsp3) is 0.947. The molecule has 5 nitrogen and oxygen atoms in total. The van der Waals surface area contributed by atoms with Gasteiger partial charge in [-0.15, -0.1) is 0 Å². The summed E-state index contributed by atoms with van der Waals surface area (Å²) < 4.78 is 11.0. The van der Waals surface area contributed by atoms with Crippen LogP contribution in [0.4, 0.5) is 0 Å². The van der Waals surface area contributed by atoms with E-state index < -0.39 is 0 Å². The second-order valence-electron chi connectivity index (χ2n) is 6.75. The lowest BCUT2D eigenvalue weighted by atomic mass is 9.99. The van der Waals surface area contributed by atoms with E-state index in [1.165, 1.54) is 25.7 Å². The second kappa shape index (κ2) is 13.5. The summed E-state index contributed by atoms with van der Waals surface area (Å²) in [5.41, 5.74) is 0. The van der Waals surface area contributed by atoms with Crippen molar-refractivity contribution in [3.63, 3.8) is 0 Å². The minimum atomic E-state index is 0.393. The lowest BCUT2D eigenvalue weighted by molar-refractivity contribution is 0.00988. The van der Waals surface area contributed by atoms with Crippen molar-refractivity contribution in [3.8, 4) is 0 Å². The largest absolute Gasteiger partial charge is 0.385 e. The Hall–Kier alpha value is -0.810. The Kier molecular flexibility index (Phi) is 11.9. The molecule has 0 aromatic rings. The molecule has 0 amide bonds. The second-order valence-corrected chi connectivity index (χ2v) is 6.75. The standard InChI is InChI=1S/C19H39N3O2/c1-5-7-9-17(6-2)16-21-19(20-3)22-12-10-18(11-13-22)24-15-8-14-23-4/h17-18H,5-16H2,1-4H3,(H,20,21). The predicted octanol–water partition coefficient (Wildman–Crippen LogP) is 3.30. The van der Waals surface area contributed by atoms with Crippen molar-refractivity contribution >= 4 is 5.96 Å². The van der Waals surface area contributed by atoms with Crippen molar-refractivity contribution in [1.29, 1.82) is 0 Å². The normalized spacial score (nSPS) is 18.0. The topological polar surface area (TPSA) is 46.1 Å². The molecule has 0 radical (unpaired) electrons. The molecule has 0 bridgehead atoms. The lowest BCUT2D eigenvalue weighted by Gasteiger charge is -2.34. The molecule has 1 N–H and O–H groups in total. The molecule has 142 valence electrons. The molecular formula is C19H39N3O2. The van der Waals surface area contributed by atoms with Gasteiger partial charge in [-0.05, 0) is 31.6 Å². The monoisotopic (exact) mass is 341 g/mol. The van der Waals surface area contributed by atoms with Gasteiger partial charge >= 0.3 is 0 Å². The van der Waals surface area contributed by atoms with Crippen LogP contribution in [0.25, 0.3) is 0 Å². The molecule has 1 aliphatic heterocycles. The third kappa shape index (κ3) is 8.34. The highest BCUT2D eigenvalue weighted by Crippen LogP contribution is 2.15. The van der Waals surface area contributed by atoms with Gasteiger partial charge in [0.15, 0.2) is 5.96 Å². The van der Waals surface area contributed by atoms with E-state index in [9.17, 15) is 0 Å². The third-order valence-corrected chi connectivity index (χ3v) is 4.89. The summed E-state index contributed by atoms with van der Waals surface area (Å²) in [5, 5.41) is 3.59. The molecule has 1 fully saturated rings. The highest BCUT2D eigenvalue weighted by Gasteiger charge is 2.22. The van der Waals surface area contributed by atoms with Crippen LogP contribution in [0.5, 0.6) is 0 Å². The van der Waals surface area contributed by atoms with Crippen LogP contribution in [0.1, 0.15) is 58.8 Å². The van der Waals surface area contributed by atoms with Crippen LogP contribution in [-0.2, 0) is 9.47 Å². The number of ether oxygens (including phenoxy) is 2. The Morgan fingerprint density at radius 1 is 1.21 bits per heavy atom. The van der Waals surface area contributed by atoms with Gasteiger partial charge in [-0.3, -0.25) is 4.99 Å². The quantitative estimate of drug-likeness (QED) is 0.356. The van der Waals surface area contributed by atoms with E-state index in [2.05, 4.69) is 29.1 Å². The van der Waals surface area contributed by atoms with Crippen LogP contribution in [-0.4, -0.2) is 64.0 Å². The Labute approximate surface area is 149 Å². The van der Waals surface area contributed by atoms with Gasteiger partial charge in [0.2, 0.25) is 0 Å². The molecule has 24 heavy (non-hydrogen) atoms. The summed E-state index contributed by atoms with van der Waals surface area (Å²) in [4.78, 5) is 6.86. The molecule has 1 saturated heterocycles. The fourth-order valence-corrected chi connectivity index (χ4v) is 3.20. The average Bonchev–Trinajstić information content (AvgIpc) is 2.63. The molecular weight excluding hydrogens is 302 g/mol. The number of hydrogen-bond donors (Lipinski definition) is 1. The van der Waals surface area contributed by atoms with Gasteiger partial charge in [0, 0.05) is 47.0 Å². The first-order chi connectivity index (χ1) is 11.7. The van der Waals surface area contributed by atoms with Gasteiger partial charge in [0.05, 0.1) is 6.10 Å². The van der Waals surface area contributed by atoms with Gasteiger partial charge in [0.25, 0.3) is 0 Å². The van der Waals surface area contributed by atoms with E-state index in [1.54, 1.807) is 7.11 Å². The van der Waals surface area contributed by atoms with Gasteiger partial charge in [-0.25, -0.2) is 0 Å². The molecule has 0 spiro atoms. The SMILES string of the molecule is CCCCC(CC)CNC(=NC)N1CCC(OCCCOC)CC1. The van der Waals surface area contributed by atoms with E-state index in [0.717, 1.165) is 64.0 Å². The third-order valence-electron chi connectivity index (χ3n) is 4.89. The Bertz CT molecular complexity index is 329. The van der Waals surface area contributed by atoms with E-state index >= 15 is 0 Å². The summed E-state index contributed by atoms with van der Waals surface area (Å²) in [5.74, 6) is 1.81. The van der Waals surface area contributed by atoms with Crippen LogP contribution in [0, 0.1) is 5.92 Å². The summed E-state index contributed by atoms with van der Waals surface area (Å²) in [6.07, 6.45) is 8.70. The van der Waals surface area contributed by atoms with Crippen LogP contribution < -0.4 is 5.32 Å². The number of unbranched alkanes of at least 4 members (excludes halogenated alkanes) is 1. The Morgan fingerprint density at radius 3 is 2.54 bits per heavy atom. The molecule has 0 aliphatic carbocycles. The molecule has 1 heterocycles. The number of piperidine rings is 1. The molecule has 1 aliphatic rings. The zero-order valence-corrected chi connectivity index (χ0v) is 16.4. The fourth-order valence-electron chi connectivity index (χ4n) is 3.20. The van der Waals surface area contributed by atoms with Gasteiger partial charge in [-0.1, -0.05) is 33.1 Å². The van der Waals surface area contributed by atoms with Crippen molar-refractivity contribution in [2.24, 2.45) is 10.9 Å².